The van der Waals surface area contributed by atoms with E-state index in [4.69, 9.17) is 9.47 Å². The molecular formula is C15H20BrNO3. The number of benzene rings is 1. The SMILES string of the molecule is COC(=O)C1(Nc2cccc(Br)c2)CCC(OC)CC1. The highest BCUT2D eigenvalue weighted by Crippen LogP contribution is 2.34. The van der Waals surface area contributed by atoms with Gasteiger partial charge in [-0.25, -0.2) is 4.79 Å². The van der Waals surface area contributed by atoms with Gasteiger partial charge in [0, 0.05) is 17.3 Å². The van der Waals surface area contributed by atoms with E-state index < -0.39 is 5.54 Å². The first-order valence-corrected chi connectivity index (χ1v) is 7.54. The van der Waals surface area contributed by atoms with Crippen LogP contribution in [0, 0.1) is 0 Å². The Kier molecular flexibility index (Phi) is 5.05. The van der Waals surface area contributed by atoms with E-state index in [2.05, 4.69) is 21.2 Å². The van der Waals surface area contributed by atoms with Crippen LogP contribution in [0.5, 0.6) is 0 Å². The normalized spacial score (nSPS) is 26.1. The largest absolute Gasteiger partial charge is 0.467 e. The van der Waals surface area contributed by atoms with E-state index in [0.717, 1.165) is 23.0 Å². The maximum Gasteiger partial charge on any atom is 0.331 e. The van der Waals surface area contributed by atoms with Crippen LogP contribution in [0.15, 0.2) is 28.7 Å². The van der Waals surface area contributed by atoms with Gasteiger partial charge in [0.1, 0.15) is 5.54 Å². The summed E-state index contributed by atoms with van der Waals surface area (Å²) in [4.78, 5) is 12.2. The summed E-state index contributed by atoms with van der Waals surface area (Å²) >= 11 is 3.44. The van der Waals surface area contributed by atoms with Gasteiger partial charge in [0.05, 0.1) is 13.2 Å². The monoisotopic (exact) mass is 341 g/mol. The molecule has 110 valence electrons. The lowest BCUT2D eigenvalue weighted by atomic mass is 9.80. The molecule has 0 spiro atoms. The molecule has 0 saturated heterocycles. The van der Waals surface area contributed by atoms with Crippen LogP contribution in [0.2, 0.25) is 0 Å². The van der Waals surface area contributed by atoms with Crippen molar-refractivity contribution in [2.45, 2.75) is 37.3 Å². The lowest BCUT2D eigenvalue weighted by Crippen LogP contribution is -2.50. The number of methoxy groups -OCH3 is 2. The molecule has 0 amide bonds. The van der Waals surface area contributed by atoms with Gasteiger partial charge in [0.15, 0.2) is 0 Å². The summed E-state index contributed by atoms with van der Waals surface area (Å²) in [5.41, 5.74) is 0.269. The van der Waals surface area contributed by atoms with Crippen LogP contribution in [0.1, 0.15) is 25.7 Å². The van der Waals surface area contributed by atoms with Crippen molar-refractivity contribution in [1.82, 2.24) is 0 Å². The van der Waals surface area contributed by atoms with Crippen LogP contribution in [-0.2, 0) is 14.3 Å². The number of hydrogen-bond donors (Lipinski definition) is 1. The lowest BCUT2D eigenvalue weighted by molar-refractivity contribution is -0.148. The minimum absolute atomic E-state index is 0.202. The highest BCUT2D eigenvalue weighted by atomic mass is 79.9. The molecule has 1 aliphatic rings. The Balaban J connectivity index is 2.18. The van der Waals surface area contributed by atoms with Gasteiger partial charge in [0.2, 0.25) is 0 Å². The van der Waals surface area contributed by atoms with E-state index in [9.17, 15) is 4.79 Å². The predicted octanol–water partition coefficient (Wildman–Crippen LogP) is 3.36. The van der Waals surface area contributed by atoms with Crippen molar-refractivity contribution in [2.24, 2.45) is 0 Å². The summed E-state index contributed by atoms with van der Waals surface area (Å²) in [6.45, 7) is 0. The van der Waals surface area contributed by atoms with E-state index in [1.54, 1.807) is 7.11 Å². The zero-order chi connectivity index (χ0) is 14.6. The maximum atomic E-state index is 12.2. The zero-order valence-corrected chi connectivity index (χ0v) is 13.4. The van der Waals surface area contributed by atoms with Gasteiger partial charge < -0.3 is 14.8 Å². The second kappa shape index (κ2) is 6.59. The first kappa shape index (κ1) is 15.3. The number of halogens is 1. The van der Waals surface area contributed by atoms with Gasteiger partial charge in [-0.3, -0.25) is 0 Å². The van der Waals surface area contributed by atoms with Gasteiger partial charge in [-0.2, -0.15) is 0 Å². The Morgan fingerprint density at radius 3 is 2.60 bits per heavy atom. The molecule has 20 heavy (non-hydrogen) atoms. The van der Waals surface area contributed by atoms with Crippen molar-refractivity contribution in [3.05, 3.63) is 28.7 Å². The lowest BCUT2D eigenvalue weighted by Gasteiger charge is -2.38. The number of nitrogens with one attached hydrogen (secondary N) is 1. The van der Waals surface area contributed by atoms with Crippen LogP contribution >= 0.6 is 15.9 Å². The zero-order valence-electron chi connectivity index (χ0n) is 11.8. The Morgan fingerprint density at radius 2 is 2.05 bits per heavy atom. The number of rotatable bonds is 4. The molecule has 1 fully saturated rings. The number of esters is 1. The summed E-state index contributed by atoms with van der Waals surface area (Å²) in [6.07, 6.45) is 3.37. The fourth-order valence-electron chi connectivity index (χ4n) is 2.74. The first-order chi connectivity index (χ1) is 9.59. The molecule has 0 unspecified atom stereocenters. The van der Waals surface area contributed by atoms with Crippen molar-refractivity contribution in [3.8, 4) is 0 Å². The molecular weight excluding hydrogens is 322 g/mol. The van der Waals surface area contributed by atoms with Crippen molar-refractivity contribution in [1.29, 1.82) is 0 Å². The molecule has 0 bridgehead atoms. The minimum atomic E-state index is -0.648. The average molecular weight is 342 g/mol. The second-order valence-electron chi connectivity index (χ2n) is 5.14. The maximum absolute atomic E-state index is 12.2. The Labute approximate surface area is 128 Å². The van der Waals surface area contributed by atoms with Gasteiger partial charge >= 0.3 is 5.97 Å². The molecule has 5 heteroatoms. The number of anilines is 1. The third-order valence-corrected chi connectivity index (χ3v) is 4.40. The molecule has 0 aliphatic heterocycles. The summed E-state index contributed by atoms with van der Waals surface area (Å²) in [7, 11) is 3.16. The molecule has 0 radical (unpaired) electrons. The third kappa shape index (κ3) is 3.33. The molecule has 1 aliphatic carbocycles. The smallest absolute Gasteiger partial charge is 0.331 e. The second-order valence-corrected chi connectivity index (χ2v) is 6.06. The van der Waals surface area contributed by atoms with E-state index >= 15 is 0 Å². The molecule has 2 rings (SSSR count). The van der Waals surface area contributed by atoms with E-state index in [0.29, 0.717) is 12.8 Å². The Morgan fingerprint density at radius 1 is 1.35 bits per heavy atom. The van der Waals surface area contributed by atoms with Gasteiger partial charge in [-0.15, -0.1) is 0 Å². The molecule has 1 saturated carbocycles. The molecule has 1 aromatic rings. The number of carbonyl (C=O) groups excluding carboxylic acids is 1. The molecule has 0 heterocycles. The summed E-state index contributed by atoms with van der Waals surface area (Å²) in [5, 5.41) is 3.37. The Bertz CT molecular complexity index is 470. The predicted molar refractivity (Wildman–Crippen MR) is 81.8 cm³/mol. The van der Waals surface area contributed by atoms with Crippen molar-refractivity contribution < 1.29 is 14.3 Å². The highest BCUT2D eigenvalue weighted by Gasteiger charge is 2.43. The van der Waals surface area contributed by atoms with Crippen molar-refractivity contribution >= 4 is 27.6 Å². The van der Waals surface area contributed by atoms with Crippen molar-refractivity contribution in [2.75, 3.05) is 19.5 Å². The quantitative estimate of drug-likeness (QED) is 0.853. The fourth-order valence-corrected chi connectivity index (χ4v) is 3.14. The molecule has 0 atom stereocenters. The number of hydrogen-bond acceptors (Lipinski definition) is 4. The summed E-state index contributed by atoms with van der Waals surface area (Å²) in [5.74, 6) is -0.202. The van der Waals surface area contributed by atoms with E-state index in [1.165, 1.54) is 7.11 Å². The van der Waals surface area contributed by atoms with Gasteiger partial charge in [-0.1, -0.05) is 22.0 Å². The number of ether oxygens (including phenoxy) is 2. The third-order valence-electron chi connectivity index (χ3n) is 3.90. The first-order valence-electron chi connectivity index (χ1n) is 6.74. The minimum Gasteiger partial charge on any atom is -0.467 e. The van der Waals surface area contributed by atoms with Gasteiger partial charge in [0.25, 0.3) is 0 Å². The van der Waals surface area contributed by atoms with Crippen LogP contribution in [0.4, 0.5) is 5.69 Å². The molecule has 4 nitrogen and oxygen atoms in total. The van der Waals surface area contributed by atoms with Crippen LogP contribution in [0.3, 0.4) is 0 Å². The standard InChI is InChI=1S/C15H20BrNO3/c1-19-13-6-8-15(9-7-13,14(18)20-2)17-12-5-3-4-11(16)10-12/h3-5,10,13,17H,6-9H2,1-2H3. The van der Waals surface area contributed by atoms with Crippen LogP contribution < -0.4 is 5.32 Å². The van der Waals surface area contributed by atoms with Crippen LogP contribution in [-0.4, -0.2) is 31.8 Å². The highest BCUT2D eigenvalue weighted by molar-refractivity contribution is 9.10. The van der Waals surface area contributed by atoms with Crippen LogP contribution in [0.25, 0.3) is 0 Å². The topological polar surface area (TPSA) is 47.6 Å². The molecule has 0 aromatic heterocycles. The summed E-state index contributed by atoms with van der Waals surface area (Å²) < 4.78 is 11.4. The number of carbonyl (C=O) groups is 1. The molecule has 1 aromatic carbocycles. The summed E-state index contributed by atoms with van der Waals surface area (Å²) in [6, 6.07) is 7.82. The van der Waals surface area contributed by atoms with E-state index in [1.807, 2.05) is 24.3 Å². The van der Waals surface area contributed by atoms with E-state index in [-0.39, 0.29) is 12.1 Å². The van der Waals surface area contributed by atoms with Crippen molar-refractivity contribution in [3.63, 3.8) is 0 Å². The average Bonchev–Trinajstić information content (AvgIpc) is 2.47. The molecule has 1 N–H and O–H groups in total. The van der Waals surface area contributed by atoms with Gasteiger partial charge in [-0.05, 0) is 43.9 Å². The fraction of sp³-hybridized carbons (Fsp3) is 0.533. The Hall–Kier alpha value is -1.07.